The Labute approximate surface area is 126 Å². The molecule has 112 valence electrons. The monoisotopic (exact) mass is 285 g/mol. The minimum absolute atomic E-state index is 0.122. The fourth-order valence-electron chi connectivity index (χ4n) is 3.98. The van der Waals surface area contributed by atoms with E-state index in [0.717, 1.165) is 37.9 Å². The second kappa shape index (κ2) is 6.55. The number of hydrogen-bond donors (Lipinski definition) is 1. The SMILES string of the molecule is N#Cc1cc(CN2CCCCC2C2CCCC2O)ccn1. The van der Waals surface area contributed by atoms with Crippen LogP contribution < -0.4 is 0 Å². The quantitative estimate of drug-likeness (QED) is 0.927. The average Bonchev–Trinajstić information content (AvgIpc) is 2.94. The fourth-order valence-corrected chi connectivity index (χ4v) is 3.98. The van der Waals surface area contributed by atoms with Crippen LogP contribution in [0, 0.1) is 17.2 Å². The van der Waals surface area contributed by atoms with Crippen LogP contribution in [-0.2, 0) is 6.54 Å². The lowest BCUT2D eigenvalue weighted by molar-refractivity contribution is 0.0313. The van der Waals surface area contributed by atoms with Gasteiger partial charge >= 0.3 is 0 Å². The normalized spacial score (nSPS) is 30.2. The molecule has 1 aliphatic carbocycles. The van der Waals surface area contributed by atoms with E-state index in [1.807, 2.05) is 12.1 Å². The number of pyridine rings is 1. The maximum absolute atomic E-state index is 10.2. The van der Waals surface area contributed by atoms with Crippen molar-refractivity contribution in [1.82, 2.24) is 9.88 Å². The summed E-state index contributed by atoms with van der Waals surface area (Å²) in [5.74, 6) is 0.433. The van der Waals surface area contributed by atoms with Crippen LogP contribution in [0.25, 0.3) is 0 Å². The highest BCUT2D eigenvalue weighted by Crippen LogP contribution is 2.35. The molecule has 1 aliphatic heterocycles. The van der Waals surface area contributed by atoms with Gasteiger partial charge in [0.05, 0.1) is 6.10 Å². The molecule has 1 aromatic heterocycles. The highest BCUT2D eigenvalue weighted by atomic mass is 16.3. The van der Waals surface area contributed by atoms with Crippen molar-refractivity contribution in [1.29, 1.82) is 5.26 Å². The zero-order valence-corrected chi connectivity index (χ0v) is 12.4. The van der Waals surface area contributed by atoms with E-state index in [9.17, 15) is 5.11 Å². The van der Waals surface area contributed by atoms with Crippen molar-refractivity contribution in [3.05, 3.63) is 29.6 Å². The molecular weight excluding hydrogens is 262 g/mol. The molecule has 2 heterocycles. The van der Waals surface area contributed by atoms with Gasteiger partial charge in [-0.15, -0.1) is 0 Å². The first-order valence-electron chi connectivity index (χ1n) is 8.05. The van der Waals surface area contributed by atoms with Gasteiger partial charge in [0, 0.05) is 24.7 Å². The van der Waals surface area contributed by atoms with Crippen molar-refractivity contribution in [2.45, 2.75) is 57.2 Å². The van der Waals surface area contributed by atoms with Crippen molar-refractivity contribution in [2.75, 3.05) is 6.54 Å². The number of aromatic nitrogens is 1. The summed E-state index contributed by atoms with van der Waals surface area (Å²) >= 11 is 0. The van der Waals surface area contributed by atoms with Gasteiger partial charge in [-0.2, -0.15) is 5.26 Å². The molecule has 3 atom stereocenters. The van der Waals surface area contributed by atoms with E-state index in [2.05, 4.69) is 16.0 Å². The van der Waals surface area contributed by atoms with E-state index < -0.39 is 0 Å². The van der Waals surface area contributed by atoms with Gasteiger partial charge in [0.1, 0.15) is 11.8 Å². The number of rotatable bonds is 3. The standard InChI is InChI=1S/C17H23N3O/c18-11-14-10-13(7-8-19-14)12-20-9-2-1-5-16(20)15-4-3-6-17(15)21/h7-8,10,15-17,21H,1-6,9,12H2. The Morgan fingerprint density at radius 1 is 1.29 bits per heavy atom. The smallest absolute Gasteiger partial charge is 0.140 e. The van der Waals surface area contributed by atoms with E-state index in [1.165, 1.54) is 19.3 Å². The molecule has 4 heteroatoms. The number of aliphatic hydroxyl groups excluding tert-OH is 1. The summed E-state index contributed by atoms with van der Waals surface area (Å²) in [7, 11) is 0. The molecule has 2 aliphatic rings. The molecule has 0 aromatic carbocycles. The van der Waals surface area contributed by atoms with Gasteiger partial charge in [0.25, 0.3) is 0 Å². The van der Waals surface area contributed by atoms with Crippen LogP contribution >= 0.6 is 0 Å². The van der Waals surface area contributed by atoms with Crippen molar-refractivity contribution < 1.29 is 5.11 Å². The number of nitrogens with zero attached hydrogens (tertiary/aromatic N) is 3. The lowest BCUT2D eigenvalue weighted by Gasteiger charge is -2.40. The van der Waals surface area contributed by atoms with Crippen LogP contribution in [0.5, 0.6) is 0 Å². The predicted molar refractivity (Wildman–Crippen MR) is 80.3 cm³/mol. The summed E-state index contributed by atoms with van der Waals surface area (Å²) in [5, 5.41) is 19.2. The number of nitriles is 1. The second-order valence-electron chi connectivity index (χ2n) is 6.36. The average molecular weight is 285 g/mol. The first kappa shape index (κ1) is 14.5. The van der Waals surface area contributed by atoms with E-state index in [0.29, 0.717) is 17.7 Å². The lowest BCUT2D eigenvalue weighted by Crippen LogP contribution is -2.45. The summed E-state index contributed by atoms with van der Waals surface area (Å²) in [4.78, 5) is 6.55. The first-order valence-corrected chi connectivity index (χ1v) is 8.05. The largest absolute Gasteiger partial charge is 0.393 e. The van der Waals surface area contributed by atoms with Gasteiger partial charge in [-0.3, -0.25) is 4.90 Å². The molecule has 0 radical (unpaired) electrons. The summed E-state index contributed by atoms with van der Waals surface area (Å²) in [5.41, 5.74) is 1.64. The highest BCUT2D eigenvalue weighted by molar-refractivity contribution is 5.25. The fraction of sp³-hybridized carbons (Fsp3) is 0.647. The van der Waals surface area contributed by atoms with Gasteiger partial charge in [-0.25, -0.2) is 4.98 Å². The third-order valence-corrected chi connectivity index (χ3v) is 5.01. The molecule has 1 saturated heterocycles. The topological polar surface area (TPSA) is 60.2 Å². The molecule has 2 fully saturated rings. The Morgan fingerprint density at radius 2 is 2.19 bits per heavy atom. The van der Waals surface area contributed by atoms with Gasteiger partial charge in [-0.05, 0) is 49.9 Å². The molecule has 4 nitrogen and oxygen atoms in total. The van der Waals surface area contributed by atoms with Crippen molar-refractivity contribution in [3.8, 4) is 6.07 Å². The summed E-state index contributed by atoms with van der Waals surface area (Å²) < 4.78 is 0. The molecule has 0 amide bonds. The molecule has 1 aromatic rings. The number of piperidine rings is 1. The number of aliphatic hydroxyl groups is 1. The van der Waals surface area contributed by atoms with Crippen LogP contribution in [0.3, 0.4) is 0 Å². The highest BCUT2D eigenvalue weighted by Gasteiger charge is 2.36. The Balaban J connectivity index is 1.73. The number of hydrogen-bond acceptors (Lipinski definition) is 4. The summed E-state index contributed by atoms with van der Waals surface area (Å²) in [6.45, 7) is 1.96. The zero-order valence-electron chi connectivity index (χ0n) is 12.4. The minimum atomic E-state index is -0.122. The van der Waals surface area contributed by atoms with E-state index in [4.69, 9.17) is 5.26 Å². The van der Waals surface area contributed by atoms with Crippen LogP contribution in [-0.4, -0.2) is 33.7 Å². The number of likely N-dealkylation sites (tertiary alicyclic amines) is 1. The van der Waals surface area contributed by atoms with Gasteiger partial charge in [0.2, 0.25) is 0 Å². The maximum atomic E-state index is 10.2. The van der Waals surface area contributed by atoms with E-state index in [1.54, 1.807) is 6.20 Å². The molecule has 1 N–H and O–H groups in total. The van der Waals surface area contributed by atoms with E-state index in [-0.39, 0.29) is 6.10 Å². The molecule has 3 unspecified atom stereocenters. The maximum Gasteiger partial charge on any atom is 0.140 e. The molecule has 0 spiro atoms. The van der Waals surface area contributed by atoms with Crippen LogP contribution in [0.4, 0.5) is 0 Å². The van der Waals surface area contributed by atoms with Crippen LogP contribution in [0.15, 0.2) is 18.3 Å². The minimum Gasteiger partial charge on any atom is -0.393 e. The Kier molecular flexibility index (Phi) is 4.52. The van der Waals surface area contributed by atoms with Crippen molar-refractivity contribution in [2.24, 2.45) is 5.92 Å². The molecule has 0 bridgehead atoms. The van der Waals surface area contributed by atoms with Gasteiger partial charge in [0.15, 0.2) is 0 Å². The van der Waals surface area contributed by atoms with Crippen LogP contribution in [0.1, 0.15) is 49.8 Å². The second-order valence-corrected chi connectivity index (χ2v) is 6.36. The summed E-state index contributed by atoms with van der Waals surface area (Å²) in [6, 6.07) is 6.49. The molecule has 21 heavy (non-hydrogen) atoms. The van der Waals surface area contributed by atoms with Crippen molar-refractivity contribution >= 4 is 0 Å². The van der Waals surface area contributed by atoms with Gasteiger partial charge < -0.3 is 5.11 Å². The molecular formula is C17H23N3O. The zero-order chi connectivity index (χ0) is 14.7. The molecule has 3 rings (SSSR count). The lowest BCUT2D eigenvalue weighted by atomic mass is 9.87. The van der Waals surface area contributed by atoms with E-state index >= 15 is 0 Å². The van der Waals surface area contributed by atoms with Crippen molar-refractivity contribution in [3.63, 3.8) is 0 Å². The Hall–Kier alpha value is -1.44. The third kappa shape index (κ3) is 3.25. The van der Waals surface area contributed by atoms with Gasteiger partial charge in [-0.1, -0.05) is 12.8 Å². The first-order chi connectivity index (χ1) is 10.3. The predicted octanol–water partition coefficient (Wildman–Crippen LogP) is 2.47. The third-order valence-electron chi connectivity index (χ3n) is 5.01. The Morgan fingerprint density at radius 3 is 2.95 bits per heavy atom. The molecule has 1 saturated carbocycles. The summed E-state index contributed by atoms with van der Waals surface area (Å²) in [6.07, 6.45) is 8.56. The van der Waals surface area contributed by atoms with Crippen LogP contribution in [0.2, 0.25) is 0 Å². The Bertz CT molecular complexity index is 525.